The summed E-state index contributed by atoms with van der Waals surface area (Å²) in [5, 5.41) is 2.78. The van der Waals surface area contributed by atoms with E-state index in [-0.39, 0.29) is 5.91 Å². The minimum atomic E-state index is -0.247. The van der Waals surface area contributed by atoms with Crippen molar-refractivity contribution in [3.05, 3.63) is 46.9 Å². The molecule has 0 radical (unpaired) electrons. The quantitative estimate of drug-likeness (QED) is 0.481. The maximum atomic E-state index is 11.9. The molecule has 0 aliphatic rings. The lowest BCUT2D eigenvalue weighted by Crippen LogP contribution is -2.23. The summed E-state index contributed by atoms with van der Waals surface area (Å²) in [4.78, 5) is 12.2. The zero-order valence-corrected chi connectivity index (χ0v) is 12.8. The number of amides is 1. The fourth-order valence-corrected chi connectivity index (χ4v) is 1.70. The molecule has 1 rings (SSSR count). The van der Waals surface area contributed by atoms with Crippen LogP contribution in [0.3, 0.4) is 0 Å². The molecule has 0 heterocycles. The molecule has 4 nitrogen and oxygen atoms in total. The third-order valence-corrected chi connectivity index (χ3v) is 3.38. The van der Waals surface area contributed by atoms with Gasteiger partial charge in [-0.3, -0.25) is 4.79 Å². The van der Waals surface area contributed by atoms with Gasteiger partial charge in [-0.15, -0.1) is 12.6 Å². The molecule has 108 valence electrons. The van der Waals surface area contributed by atoms with Gasteiger partial charge in [0, 0.05) is 18.2 Å². The molecular weight excluding hydrogens is 274 g/mol. The lowest BCUT2D eigenvalue weighted by molar-refractivity contribution is -0.117. The summed E-state index contributed by atoms with van der Waals surface area (Å²) in [7, 11) is 3.16. The molecule has 5 heteroatoms. The lowest BCUT2D eigenvalue weighted by Gasteiger charge is -2.11. The highest BCUT2D eigenvalue weighted by atomic mass is 32.1. The highest BCUT2D eigenvalue weighted by molar-refractivity contribution is 7.85. The van der Waals surface area contributed by atoms with E-state index in [1.165, 1.54) is 0 Å². The molecule has 20 heavy (non-hydrogen) atoms. The van der Waals surface area contributed by atoms with Crippen LogP contribution in [0.15, 0.2) is 41.3 Å². The molecule has 0 spiro atoms. The molecule has 0 saturated carbocycles. The van der Waals surface area contributed by atoms with Crippen molar-refractivity contribution in [1.82, 2.24) is 5.32 Å². The second-order valence-electron chi connectivity index (χ2n) is 4.10. The second kappa shape index (κ2) is 7.65. The van der Waals surface area contributed by atoms with Crippen molar-refractivity contribution in [2.75, 3.05) is 14.2 Å². The number of methoxy groups -OCH3 is 2. The fraction of sp³-hybridized carbons (Fsp3) is 0.267. The number of hydrogen-bond donors (Lipinski definition) is 2. The third-order valence-electron chi connectivity index (χ3n) is 2.83. The van der Waals surface area contributed by atoms with E-state index in [1.54, 1.807) is 33.3 Å². The van der Waals surface area contributed by atoms with Gasteiger partial charge in [0.05, 0.1) is 19.1 Å². The van der Waals surface area contributed by atoms with Crippen molar-refractivity contribution in [2.24, 2.45) is 0 Å². The van der Waals surface area contributed by atoms with E-state index in [1.807, 2.05) is 12.1 Å². The van der Waals surface area contributed by atoms with Gasteiger partial charge in [-0.2, -0.15) is 0 Å². The van der Waals surface area contributed by atoms with Crippen molar-refractivity contribution >= 4 is 18.5 Å². The summed E-state index contributed by atoms with van der Waals surface area (Å²) >= 11 is 4.17. The summed E-state index contributed by atoms with van der Waals surface area (Å²) in [5.74, 6) is 1.12. The van der Waals surface area contributed by atoms with Crippen LogP contribution in [-0.2, 0) is 11.3 Å². The summed E-state index contributed by atoms with van der Waals surface area (Å²) in [6, 6.07) is 5.44. The number of carbonyl (C=O) groups is 1. The molecule has 0 atom stereocenters. The molecule has 1 N–H and O–H groups in total. The van der Waals surface area contributed by atoms with Crippen molar-refractivity contribution in [3.8, 4) is 11.5 Å². The molecule has 1 aromatic carbocycles. The molecular formula is C15H19NO3S. The van der Waals surface area contributed by atoms with E-state index in [0.29, 0.717) is 22.9 Å². The van der Waals surface area contributed by atoms with Crippen LogP contribution >= 0.6 is 12.6 Å². The number of thiol groups is 1. The summed E-state index contributed by atoms with van der Waals surface area (Å²) in [6.45, 7) is 5.74. The van der Waals surface area contributed by atoms with Gasteiger partial charge in [-0.05, 0) is 24.6 Å². The van der Waals surface area contributed by atoms with Crippen molar-refractivity contribution < 1.29 is 14.3 Å². The average molecular weight is 293 g/mol. The Morgan fingerprint density at radius 1 is 1.40 bits per heavy atom. The van der Waals surface area contributed by atoms with Crippen LogP contribution in [0.5, 0.6) is 11.5 Å². The van der Waals surface area contributed by atoms with E-state index in [0.717, 1.165) is 11.1 Å². The van der Waals surface area contributed by atoms with Gasteiger partial charge in [0.1, 0.15) is 11.5 Å². The van der Waals surface area contributed by atoms with Gasteiger partial charge in [0.15, 0.2) is 0 Å². The number of benzene rings is 1. The molecule has 1 amide bonds. The topological polar surface area (TPSA) is 47.6 Å². The zero-order chi connectivity index (χ0) is 15.1. The first-order chi connectivity index (χ1) is 9.53. The monoisotopic (exact) mass is 293 g/mol. The first-order valence-electron chi connectivity index (χ1n) is 6.04. The standard InChI is InChI=1S/C15H19NO3S/c1-5-10(2)14(20)15(17)16-9-11-6-7-12(18-3)8-13(11)19-4/h5-8,20H,1,9H2,2-4H3,(H,16,17)/b14-10-. The molecule has 1 aromatic rings. The van der Waals surface area contributed by atoms with Crippen LogP contribution in [0.4, 0.5) is 0 Å². The highest BCUT2D eigenvalue weighted by Gasteiger charge is 2.10. The Hall–Kier alpha value is -1.88. The normalized spacial score (nSPS) is 11.4. The fourth-order valence-electron chi connectivity index (χ4n) is 1.53. The van der Waals surface area contributed by atoms with Crippen molar-refractivity contribution in [3.63, 3.8) is 0 Å². The maximum absolute atomic E-state index is 11.9. The zero-order valence-electron chi connectivity index (χ0n) is 11.9. The minimum Gasteiger partial charge on any atom is -0.497 e. The van der Waals surface area contributed by atoms with Gasteiger partial charge in [-0.25, -0.2) is 0 Å². The van der Waals surface area contributed by atoms with E-state index >= 15 is 0 Å². The second-order valence-corrected chi connectivity index (χ2v) is 4.54. The Morgan fingerprint density at radius 3 is 2.65 bits per heavy atom. The van der Waals surface area contributed by atoms with Crippen LogP contribution in [0.25, 0.3) is 0 Å². The number of ether oxygens (including phenoxy) is 2. The molecule has 0 aliphatic heterocycles. The van der Waals surface area contributed by atoms with Gasteiger partial charge in [0.25, 0.3) is 5.91 Å². The Labute approximate surface area is 124 Å². The summed E-state index contributed by atoms with van der Waals surface area (Å²) in [6.07, 6.45) is 1.59. The van der Waals surface area contributed by atoms with Gasteiger partial charge in [-0.1, -0.05) is 12.7 Å². The van der Waals surface area contributed by atoms with Crippen molar-refractivity contribution in [2.45, 2.75) is 13.5 Å². The molecule has 0 saturated heterocycles. The number of nitrogens with one attached hydrogen (secondary N) is 1. The van der Waals surface area contributed by atoms with Crippen molar-refractivity contribution in [1.29, 1.82) is 0 Å². The van der Waals surface area contributed by atoms with Crippen LogP contribution in [0, 0.1) is 0 Å². The predicted octanol–water partition coefficient (Wildman–Crippen LogP) is 2.71. The van der Waals surface area contributed by atoms with E-state index in [2.05, 4.69) is 24.5 Å². The smallest absolute Gasteiger partial charge is 0.257 e. The van der Waals surface area contributed by atoms with E-state index < -0.39 is 0 Å². The van der Waals surface area contributed by atoms with Crippen LogP contribution < -0.4 is 14.8 Å². The predicted molar refractivity (Wildman–Crippen MR) is 83.3 cm³/mol. The SMILES string of the molecule is C=C/C(C)=C(\S)C(=O)NCc1ccc(OC)cc1OC. The molecule has 0 fully saturated rings. The molecule has 0 aliphatic carbocycles. The Balaban J connectivity index is 2.80. The number of allylic oxidation sites excluding steroid dienone is 2. The van der Waals surface area contributed by atoms with Gasteiger partial charge in [0.2, 0.25) is 0 Å². The molecule has 0 bridgehead atoms. The van der Waals surface area contributed by atoms with Gasteiger partial charge >= 0.3 is 0 Å². The minimum absolute atomic E-state index is 0.247. The Kier molecular flexibility index (Phi) is 6.18. The number of carbonyl (C=O) groups excluding carboxylic acids is 1. The largest absolute Gasteiger partial charge is 0.497 e. The lowest BCUT2D eigenvalue weighted by atomic mass is 10.2. The summed E-state index contributed by atoms with van der Waals surface area (Å²) < 4.78 is 10.4. The number of hydrogen-bond acceptors (Lipinski definition) is 4. The first-order valence-corrected chi connectivity index (χ1v) is 6.49. The van der Waals surface area contributed by atoms with Gasteiger partial charge < -0.3 is 14.8 Å². The molecule has 0 aromatic heterocycles. The number of rotatable bonds is 6. The van der Waals surface area contributed by atoms with Crippen LogP contribution in [0.2, 0.25) is 0 Å². The highest BCUT2D eigenvalue weighted by Crippen LogP contribution is 2.24. The van der Waals surface area contributed by atoms with Crippen LogP contribution in [0.1, 0.15) is 12.5 Å². The van der Waals surface area contributed by atoms with E-state index in [9.17, 15) is 4.79 Å². The maximum Gasteiger partial charge on any atom is 0.257 e. The van der Waals surface area contributed by atoms with E-state index in [4.69, 9.17) is 9.47 Å². The Bertz CT molecular complexity index is 538. The van der Waals surface area contributed by atoms with Crippen LogP contribution in [-0.4, -0.2) is 20.1 Å². The average Bonchev–Trinajstić information content (AvgIpc) is 2.50. The summed E-state index contributed by atoms with van der Waals surface area (Å²) in [5.41, 5.74) is 1.59. The molecule has 0 unspecified atom stereocenters. The Morgan fingerprint density at radius 2 is 2.10 bits per heavy atom. The third kappa shape index (κ3) is 4.06. The first kappa shape index (κ1) is 16.2.